The lowest BCUT2D eigenvalue weighted by Gasteiger charge is -2.26. The van der Waals surface area contributed by atoms with E-state index in [2.05, 4.69) is 65.0 Å². The van der Waals surface area contributed by atoms with Crippen LogP contribution in [0.3, 0.4) is 0 Å². The summed E-state index contributed by atoms with van der Waals surface area (Å²) in [6.45, 7) is 8.45. The number of hydrogen-bond acceptors (Lipinski definition) is 0. The molecule has 0 atom stereocenters. The number of nitrogens with zero attached hydrogens (tertiary/aromatic N) is 1. The standard InChI is InChI=1S/C14H26NSi.HI/c1-15(2,3)11-13-9-7-8-10-14(13)12-16(4,5)6;/h7-10H,11-12H2,1-6H3;1H/q+1;/p-1. The number of benzene rings is 1. The monoisotopic (exact) mass is 363 g/mol. The molecule has 0 radical (unpaired) electrons. The molecule has 1 aromatic rings. The zero-order valence-electron chi connectivity index (χ0n) is 12.0. The van der Waals surface area contributed by atoms with E-state index < -0.39 is 8.07 Å². The predicted molar refractivity (Wildman–Crippen MR) is 75.2 cm³/mol. The minimum absolute atomic E-state index is 0. The summed E-state index contributed by atoms with van der Waals surface area (Å²) in [6, 6.07) is 10.2. The average Bonchev–Trinajstić information content (AvgIpc) is 2.03. The summed E-state index contributed by atoms with van der Waals surface area (Å²) >= 11 is 0. The first-order valence-corrected chi connectivity index (χ1v) is 9.75. The van der Waals surface area contributed by atoms with Crippen LogP contribution in [0.25, 0.3) is 0 Å². The number of rotatable bonds is 4. The van der Waals surface area contributed by atoms with Crippen molar-refractivity contribution in [3.8, 4) is 0 Å². The fourth-order valence-corrected chi connectivity index (χ4v) is 3.45. The molecular formula is C14H26INSi. The fraction of sp³-hybridized carbons (Fsp3) is 0.571. The van der Waals surface area contributed by atoms with Crippen molar-refractivity contribution in [3.63, 3.8) is 0 Å². The maximum Gasteiger partial charge on any atom is 0.104 e. The number of quaternary nitrogens is 1. The third-order valence-electron chi connectivity index (χ3n) is 2.48. The van der Waals surface area contributed by atoms with Crippen LogP contribution in [0.1, 0.15) is 11.1 Å². The van der Waals surface area contributed by atoms with Crippen molar-refractivity contribution in [2.24, 2.45) is 0 Å². The summed E-state index contributed by atoms with van der Waals surface area (Å²) in [5, 5.41) is 0. The van der Waals surface area contributed by atoms with Gasteiger partial charge in [0.15, 0.2) is 0 Å². The summed E-state index contributed by atoms with van der Waals surface area (Å²) < 4.78 is 1.00. The van der Waals surface area contributed by atoms with E-state index in [9.17, 15) is 0 Å². The van der Waals surface area contributed by atoms with Crippen LogP contribution < -0.4 is 24.0 Å². The molecular weight excluding hydrogens is 337 g/mol. The van der Waals surface area contributed by atoms with E-state index in [0.29, 0.717) is 0 Å². The second-order valence-electron chi connectivity index (χ2n) is 6.95. The van der Waals surface area contributed by atoms with Gasteiger partial charge in [-0.15, -0.1) is 0 Å². The quantitative estimate of drug-likeness (QED) is 0.411. The second kappa shape index (κ2) is 6.34. The third kappa shape index (κ3) is 7.21. The van der Waals surface area contributed by atoms with Gasteiger partial charge in [0.25, 0.3) is 0 Å². The van der Waals surface area contributed by atoms with Gasteiger partial charge in [0.1, 0.15) is 6.54 Å². The van der Waals surface area contributed by atoms with Gasteiger partial charge in [-0.1, -0.05) is 43.9 Å². The molecule has 0 unspecified atom stereocenters. The Morgan fingerprint density at radius 2 is 1.41 bits per heavy atom. The molecule has 1 rings (SSSR count). The first kappa shape index (κ1) is 17.1. The van der Waals surface area contributed by atoms with Crippen LogP contribution in [0.5, 0.6) is 0 Å². The summed E-state index contributed by atoms with van der Waals surface area (Å²) in [7, 11) is 5.75. The van der Waals surface area contributed by atoms with Gasteiger partial charge in [0.05, 0.1) is 21.1 Å². The molecule has 0 N–H and O–H groups in total. The van der Waals surface area contributed by atoms with Crippen molar-refractivity contribution in [2.75, 3.05) is 21.1 Å². The predicted octanol–water partition coefficient (Wildman–Crippen LogP) is 0.317. The average molecular weight is 363 g/mol. The minimum Gasteiger partial charge on any atom is -1.00 e. The molecule has 0 fully saturated rings. The largest absolute Gasteiger partial charge is 1.00 e. The Balaban J connectivity index is 0.00000256. The minimum atomic E-state index is -1.01. The highest BCUT2D eigenvalue weighted by Crippen LogP contribution is 2.18. The maximum atomic E-state index is 2.44. The van der Waals surface area contributed by atoms with Crippen LogP contribution in [-0.2, 0) is 12.6 Å². The first-order chi connectivity index (χ1) is 7.17. The van der Waals surface area contributed by atoms with E-state index >= 15 is 0 Å². The molecule has 98 valence electrons. The van der Waals surface area contributed by atoms with Gasteiger partial charge >= 0.3 is 0 Å². The maximum absolute atomic E-state index is 2.44. The smallest absolute Gasteiger partial charge is 0.104 e. The Morgan fingerprint density at radius 1 is 0.941 bits per heavy atom. The van der Waals surface area contributed by atoms with E-state index in [-0.39, 0.29) is 24.0 Å². The summed E-state index contributed by atoms with van der Waals surface area (Å²) in [6.07, 6.45) is 0. The SMILES string of the molecule is C[N+](C)(C)Cc1ccccc1C[Si](C)(C)C.[I-]. The van der Waals surface area contributed by atoms with Gasteiger partial charge in [0.2, 0.25) is 0 Å². The molecule has 0 aromatic heterocycles. The topological polar surface area (TPSA) is 0 Å². The van der Waals surface area contributed by atoms with E-state index in [1.54, 1.807) is 5.56 Å². The van der Waals surface area contributed by atoms with Crippen LogP contribution in [0, 0.1) is 0 Å². The third-order valence-corrected chi connectivity index (χ3v) is 3.93. The van der Waals surface area contributed by atoms with Gasteiger partial charge in [-0.3, -0.25) is 0 Å². The highest BCUT2D eigenvalue weighted by molar-refractivity contribution is 6.75. The molecule has 0 saturated carbocycles. The van der Waals surface area contributed by atoms with Crippen LogP contribution in [0.4, 0.5) is 0 Å². The van der Waals surface area contributed by atoms with Crippen molar-refractivity contribution in [1.82, 2.24) is 0 Å². The Labute approximate surface area is 125 Å². The van der Waals surface area contributed by atoms with Crippen molar-refractivity contribution in [3.05, 3.63) is 35.4 Å². The molecule has 1 aromatic carbocycles. The molecule has 0 amide bonds. The van der Waals surface area contributed by atoms with Crippen molar-refractivity contribution in [2.45, 2.75) is 32.2 Å². The number of hydrogen-bond donors (Lipinski definition) is 0. The zero-order valence-corrected chi connectivity index (χ0v) is 15.2. The van der Waals surface area contributed by atoms with Gasteiger partial charge in [-0.05, 0) is 11.6 Å². The normalized spacial score (nSPS) is 12.1. The van der Waals surface area contributed by atoms with Gasteiger partial charge in [-0.2, -0.15) is 0 Å². The summed E-state index contributed by atoms with van der Waals surface area (Å²) in [5.41, 5.74) is 3.09. The fourth-order valence-electron chi connectivity index (χ4n) is 1.97. The lowest BCUT2D eigenvalue weighted by atomic mass is 10.1. The van der Waals surface area contributed by atoms with E-state index in [4.69, 9.17) is 0 Å². The summed E-state index contributed by atoms with van der Waals surface area (Å²) in [4.78, 5) is 0. The lowest BCUT2D eigenvalue weighted by Crippen LogP contribution is -3.00. The Kier molecular flexibility index (Phi) is 6.39. The van der Waals surface area contributed by atoms with Gasteiger partial charge in [0, 0.05) is 13.6 Å². The Hall–Kier alpha value is 0.127. The molecule has 17 heavy (non-hydrogen) atoms. The van der Waals surface area contributed by atoms with Crippen LogP contribution >= 0.6 is 0 Å². The highest BCUT2D eigenvalue weighted by Gasteiger charge is 2.18. The molecule has 0 bridgehead atoms. The van der Waals surface area contributed by atoms with Crippen LogP contribution in [0.2, 0.25) is 19.6 Å². The van der Waals surface area contributed by atoms with Gasteiger partial charge in [-0.25, -0.2) is 0 Å². The summed E-state index contributed by atoms with van der Waals surface area (Å²) in [5.74, 6) is 0. The van der Waals surface area contributed by atoms with Gasteiger partial charge < -0.3 is 28.5 Å². The molecule has 3 heteroatoms. The van der Waals surface area contributed by atoms with Crippen molar-refractivity contribution >= 4 is 8.07 Å². The zero-order chi connectivity index (χ0) is 12.4. The molecule has 1 nitrogen and oxygen atoms in total. The highest BCUT2D eigenvalue weighted by atomic mass is 127. The van der Waals surface area contributed by atoms with E-state index in [1.807, 2.05) is 0 Å². The Bertz CT molecular complexity index is 315. The van der Waals surface area contributed by atoms with E-state index in [1.165, 1.54) is 11.6 Å². The molecule has 0 spiro atoms. The second-order valence-corrected chi connectivity index (χ2v) is 12.4. The Morgan fingerprint density at radius 3 is 1.82 bits per heavy atom. The van der Waals surface area contributed by atoms with Crippen molar-refractivity contribution in [1.29, 1.82) is 0 Å². The first-order valence-electron chi connectivity index (χ1n) is 6.05. The molecule has 0 saturated heterocycles. The lowest BCUT2D eigenvalue weighted by molar-refractivity contribution is -0.884. The molecule has 0 heterocycles. The molecule has 0 aliphatic carbocycles. The van der Waals surface area contributed by atoms with Crippen LogP contribution in [0.15, 0.2) is 24.3 Å². The van der Waals surface area contributed by atoms with E-state index in [0.717, 1.165) is 11.0 Å². The molecule has 0 aliphatic rings. The molecule has 0 aliphatic heterocycles. The van der Waals surface area contributed by atoms with Crippen molar-refractivity contribution < 1.29 is 28.5 Å². The van der Waals surface area contributed by atoms with Crippen LogP contribution in [-0.4, -0.2) is 33.7 Å². The number of halogens is 1.